The summed E-state index contributed by atoms with van der Waals surface area (Å²) in [5.74, 6) is 0.0500. The summed E-state index contributed by atoms with van der Waals surface area (Å²) in [5.41, 5.74) is 4.63. The molecule has 0 saturated carbocycles. The minimum atomic E-state index is -0.409. The molecule has 9 heteroatoms. The molecule has 1 aliphatic rings. The zero-order valence-corrected chi connectivity index (χ0v) is 16.4. The van der Waals surface area contributed by atoms with Gasteiger partial charge in [0.05, 0.1) is 15.6 Å². The first-order chi connectivity index (χ1) is 11.9. The molecule has 0 bridgehead atoms. The van der Waals surface area contributed by atoms with Gasteiger partial charge in [-0.25, -0.2) is 9.66 Å². The van der Waals surface area contributed by atoms with Crippen LogP contribution in [0.4, 0.5) is 0 Å². The SMILES string of the molecule is Cc1nn(C)c(C(=O)Nn2c(C)nc3sc4c(c3c2=O)CCC4)c1Br. The highest BCUT2D eigenvalue weighted by Gasteiger charge is 2.24. The highest BCUT2D eigenvalue weighted by Crippen LogP contribution is 2.34. The van der Waals surface area contributed by atoms with Crippen molar-refractivity contribution >= 4 is 43.4 Å². The molecule has 0 fully saturated rings. The van der Waals surface area contributed by atoms with Crippen molar-refractivity contribution in [2.75, 3.05) is 5.43 Å². The van der Waals surface area contributed by atoms with Crippen LogP contribution in [0.1, 0.15) is 38.9 Å². The minimum absolute atomic E-state index is 0.217. The lowest BCUT2D eigenvalue weighted by molar-refractivity contribution is 0.0996. The van der Waals surface area contributed by atoms with E-state index in [1.807, 2.05) is 0 Å². The first-order valence-corrected chi connectivity index (χ1v) is 9.53. The number of nitrogens with zero attached hydrogens (tertiary/aromatic N) is 4. The Bertz CT molecular complexity index is 1090. The van der Waals surface area contributed by atoms with Crippen LogP contribution >= 0.6 is 27.3 Å². The van der Waals surface area contributed by atoms with E-state index in [-0.39, 0.29) is 5.56 Å². The number of carbonyl (C=O) groups excluding carboxylic acids is 1. The molecule has 0 aromatic carbocycles. The Balaban J connectivity index is 1.82. The van der Waals surface area contributed by atoms with Crippen LogP contribution in [0.2, 0.25) is 0 Å². The Morgan fingerprint density at radius 2 is 2.08 bits per heavy atom. The van der Waals surface area contributed by atoms with Crippen LogP contribution in [-0.2, 0) is 19.9 Å². The molecule has 3 aromatic heterocycles. The van der Waals surface area contributed by atoms with Gasteiger partial charge in [0.25, 0.3) is 11.5 Å². The van der Waals surface area contributed by atoms with Gasteiger partial charge in [-0.05, 0) is 54.6 Å². The molecular weight excluding hydrogens is 406 g/mol. The fraction of sp³-hybridized carbons (Fsp3) is 0.375. The number of nitrogens with one attached hydrogen (secondary N) is 1. The van der Waals surface area contributed by atoms with Crippen molar-refractivity contribution in [3.8, 4) is 0 Å². The monoisotopic (exact) mass is 421 g/mol. The van der Waals surface area contributed by atoms with Gasteiger partial charge in [0, 0.05) is 11.9 Å². The Labute approximate surface area is 155 Å². The number of carbonyl (C=O) groups is 1. The molecule has 130 valence electrons. The van der Waals surface area contributed by atoms with Gasteiger partial charge in [-0.3, -0.25) is 19.7 Å². The number of hydrogen-bond acceptors (Lipinski definition) is 5. The summed E-state index contributed by atoms with van der Waals surface area (Å²) in [4.78, 5) is 32.2. The van der Waals surface area contributed by atoms with E-state index in [0.29, 0.717) is 27.1 Å². The number of thiophene rings is 1. The van der Waals surface area contributed by atoms with Gasteiger partial charge in [0.15, 0.2) is 0 Å². The summed E-state index contributed by atoms with van der Waals surface area (Å²) < 4.78 is 3.34. The van der Waals surface area contributed by atoms with E-state index in [2.05, 4.69) is 31.4 Å². The molecule has 7 nitrogen and oxygen atoms in total. The molecule has 0 atom stereocenters. The summed E-state index contributed by atoms with van der Waals surface area (Å²) in [6.45, 7) is 3.52. The average Bonchev–Trinajstić information content (AvgIpc) is 3.17. The van der Waals surface area contributed by atoms with Gasteiger partial charge in [0.2, 0.25) is 0 Å². The molecule has 1 aliphatic carbocycles. The van der Waals surface area contributed by atoms with Crippen LogP contribution in [0.5, 0.6) is 0 Å². The Morgan fingerprint density at radius 1 is 1.32 bits per heavy atom. The zero-order chi connectivity index (χ0) is 17.9. The molecule has 0 unspecified atom stereocenters. The predicted octanol–water partition coefficient (Wildman–Crippen LogP) is 2.44. The van der Waals surface area contributed by atoms with E-state index in [9.17, 15) is 9.59 Å². The summed E-state index contributed by atoms with van der Waals surface area (Å²) >= 11 is 4.97. The van der Waals surface area contributed by atoms with E-state index in [1.54, 1.807) is 32.2 Å². The van der Waals surface area contributed by atoms with Crippen molar-refractivity contribution < 1.29 is 4.79 Å². The number of halogens is 1. The lowest BCUT2D eigenvalue weighted by atomic mass is 10.2. The summed E-state index contributed by atoms with van der Waals surface area (Å²) in [6, 6.07) is 0. The predicted molar refractivity (Wildman–Crippen MR) is 100.0 cm³/mol. The number of aryl methyl sites for hydroxylation is 5. The normalized spacial score (nSPS) is 13.4. The van der Waals surface area contributed by atoms with Crippen LogP contribution in [0.25, 0.3) is 10.2 Å². The molecule has 0 spiro atoms. The van der Waals surface area contributed by atoms with E-state index < -0.39 is 5.91 Å². The summed E-state index contributed by atoms with van der Waals surface area (Å²) in [6.07, 6.45) is 2.97. The molecule has 3 heterocycles. The van der Waals surface area contributed by atoms with Crippen LogP contribution in [-0.4, -0.2) is 25.3 Å². The molecular formula is C16H16BrN5O2S. The first kappa shape index (κ1) is 16.5. The fourth-order valence-electron chi connectivity index (χ4n) is 3.31. The van der Waals surface area contributed by atoms with Gasteiger partial charge >= 0.3 is 0 Å². The fourth-order valence-corrected chi connectivity index (χ4v) is 5.12. The second-order valence-corrected chi connectivity index (χ2v) is 8.03. The van der Waals surface area contributed by atoms with Crippen LogP contribution in [0.3, 0.4) is 0 Å². The number of rotatable bonds is 2. The molecule has 1 N–H and O–H groups in total. The van der Waals surface area contributed by atoms with E-state index in [1.165, 1.54) is 14.2 Å². The van der Waals surface area contributed by atoms with E-state index >= 15 is 0 Å². The minimum Gasteiger partial charge on any atom is -0.267 e. The van der Waals surface area contributed by atoms with Crippen molar-refractivity contribution in [1.82, 2.24) is 19.4 Å². The number of hydrogen-bond donors (Lipinski definition) is 1. The molecule has 0 saturated heterocycles. The maximum atomic E-state index is 13.0. The summed E-state index contributed by atoms with van der Waals surface area (Å²) in [5, 5.41) is 4.86. The summed E-state index contributed by atoms with van der Waals surface area (Å²) in [7, 11) is 1.69. The van der Waals surface area contributed by atoms with Gasteiger partial charge < -0.3 is 0 Å². The topological polar surface area (TPSA) is 81.8 Å². The number of amides is 1. The molecule has 4 rings (SSSR count). The maximum absolute atomic E-state index is 13.0. The molecule has 0 aliphatic heterocycles. The van der Waals surface area contributed by atoms with Crippen LogP contribution < -0.4 is 11.0 Å². The van der Waals surface area contributed by atoms with Crippen molar-refractivity contribution in [3.05, 3.63) is 42.5 Å². The second-order valence-electron chi connectivity index (χ2n) is 6.15. The number of fused-ring (bicyclic) bond motifs is 3. The second kappa shape index (κ2) is 5.77. The largest absolute Gasteiger partial charge is 0.289 e. The van der Waals surface area contributed by atoms with Crippen LogP contribution in [0, 0.1) is 13.8 Å². The highest BCUT2D eigenvalue weighted by molar-refractivity contribution is 9.10. The van der Waals surface area contributed by atoms with Crippen molar-refractivity contribution in [2.24, 2.45) is 7.05 Å². The van der Waals surface area contributed by atoms with Gasteiger partial charge in [-0.15, -0.1) is 11.3 Å². The highest BCUT2D eigenvalue weighted by atomic mass is 79.9. The third-order valence-corrected chi connectivity index (χ3v) is 6.62. The number of aromatic nitrogens is 4. The maximum Gasteiger partial charge on any atom is 0.289 e. The molecule has 0 radical (unpaired) electrons. The standard InChI is InChI=1S/C16H16BrN5O2S/c1-7-12(17)13(21(3)19-7)14(23)20-22-8(2)18-15-11(16(22)24)9-5-4-6-10(9)25-15/h4-6H2,1-3H3,(H,20,23). The van der Waals surface area contributed by atoms with Gasteiger partial charge in [-0.1, -0.05) is 0 Å². The third kappa shape index (κ3) is 2.44. The molecule has 3 aromatic rings. The van der Waals surface area contributed by atoms with E-state index in [4.69, 9.17) is 0 Å². The lowest BCUT2D eigenvalue weighted by Crippen LogP contribution is -2.36. The lowest BCUT2D eigenvalue weighted by Gasteiger charge is -2.11. The first-order valence-electron chi connectivity index (χ1n) is 7.93. The average molecular weight is 422 g/mol. The Morgan fingerprint density at radius 3 is 2.76 bits per heavy atom. The van der Waals surface area contributed by atoms with Crippen molar-refractivity contribution in [1.29, 1.82) is 0 Å². The Kier molecular flexibility index (Phi) is 3.80. The van der Waals surface area contributed by atoms with Crippen molar-refractivity contribution in [3.63, 3.8) is 0 Å². The molecule has 1 amide bonds. The molecule has 25 heavy (non-hydrogen) atoms. The smallest absolute Gasteiger partial charge is 0.267 e. The van der Waals surface area contributed by atoms with Crippen molar-refractivity contribution in [2.45, 2.75) is 33.1 Å². The third-order valence-electron chi connectivity index (χ3n) is 4.48. The zero-order valence-electron chi connectivity index (χ0n) is 14.0. The Hall–Kier alpha value is -2.00. The van der Waals surface area contributed by atoms with Gasteiger partial charge in [-0.2, -0.15) is 5.10 Å². The van der Waals surface area contributed by atoms with Crippen LogP contribution in [0.15, 0.2) is 9.27 Å². The quantitative estimate of drug-likeness (QED) is 0.688. The van der Waals surface area contributed by atoms with E-state index in [0.717, 1.165) is 29.7 Å². The van der Waals surface area contributed by atoms with Gasteiger partial charge in [0.1, 0.15) is 16.3 Å².